The second kappa shape index (κ2) is 22.9. The first-order valence-corrected chi connectivity index (χ1v) is 12.8. The molecule has 0 aromatic heterocycles. The zero-order chi connectivity index (χ0) is 24.6. The Morgan fingerprint density at radius 2 is 1.52 bits per heavy atom. The Kier molecular flexibility index (Phi) is 21.3. The van der Waals surface area contributed by atoms with Crippen molar-refractivity contribution in [2.24, 2.45) is 16.5 Å². The monoisotopic (exact) mass is 464 g/mol. The zero-order valence-electron chi connectivity index (χ0n) is 21.0. The van der Waals surface area contributed by atoms with E-state index in [1.54, 1.807) is 6.92 Å². The number of nitrogens with two attached hydrogens (primary N) is 2. The van der Waals surface area contributed by atoms with Crippen molar-refractivity contribution in [3.8, 4) is 0 Å². The van der Waals surface area contributed by atoms with Crippen LogP contribution in [0.2, 0.25) is 0 Å². The second-order valence-corrected chi connectivity index (χ2v) is 8.30. The van der Waals surface area contributed by atoms with Gasteiger partial charge in [0.1, 0.15) is 6.04 Å². The molecule has 0 saturated carbocycles. The predicted molar refractivity (Wildman–Crippen MR) is 138 cm³/mol. The molecule has 0 aliphatic carbocycles. The average Bonchev–Trinajstić information content (AvgIpc) is 2.78. The van der Waals surface area contributed by atoms with Gasteiger partial charge in [-0.05, 0) is 58.3 Å². The van der Waals surface area contributed by atoms with E-state index in [0.29, 0.717) is 25.8 Å². The number of esters is 1. The van der Waals surface area contributed by atoms with E-state index < -0.39 is 12.0 Å². The maximum Gasteiger partial charge on any atom is 0.328 e. The zero-order valence-corrected chi connectivity index (χ0v) is 21.0. The van der Waals surface area contributed by atoms with Crippen LogP contribution in [0.4, 0.5) is 0 Å². The first-order chi connectivity index (χ1) is 16.0. The fraction of sp³-hybridized carbons (Fsp3) is 0.731. The van der Waals surface area contributed by atoms with Crippen LogP contribution in [0.3, 0.4) is 0 Å². The fourth-order valence-electron chi connectivity index (χ4n) is 3.36. The van der Waals surface area contributed by atoms with Crippen molar-refractivity contribution in [1.82, 2.24) is 5.32 Å². The number of hydrogen-bond acceptors (Lipinski definition) is 4. The van der Waals surface area contributed by atoms with Crippen LogP contribution in [0.25, 0.3) is 0 Å². The van der Waals surface area contributed by atoms with Crippen LogP contribution in [0.1, 0.15) is 104 Å². The number of carbonyl (C=O) groups is 2. The SMILES string of the molecule is CCCCC/C=C\C/C=C\CCCCCCCC(=O)N[C@@H](CCCN=C(N)N)C(=O)OCC. The number of aliphatic imine (C=N–C) groups is 1. The van der Waals surface area contributed by atoms with Gasteiger partial charge in [0.2, 0.25) is 5.91 Å². The number of nitrogens with zero attached hydrogens (tertiary/aromatic N) is 1. The molecule has 5 N–H and O–H groups in total. The van der Waals surface area contributed by atoms with Crippen LogP contribution in [-0.2, 0) is 14.3 Å². The summed E-state index contributed by atoms with van der Waals surface area (Å²) in [6, 6.07) is -0.648. The highest BCUT2D eigenvalue weighted by atomic mass is 16.5. The van der Waals surface area contributed by atoms with Gasteiger partial charge in [0, 0.05) is 13.0 Å². The minimum Gasteiger partial charge on any atom is -0.464 e. The van der Waals surface area contributed by atoms with Gasteiger partial charge in [0.15, 0.2) is 5.96 Å². The Hall–Kier alpha value is -2.31. The van der Waals surface area contributed by atoms with E-state index in [0.717, 1.165) is 32.1 Å². The molecule has 190 valence electrons. The number of carbonyl (C=O) groups excluding carboxylic acids is 2. The van der Waals surface area contributed by atoms with Gasteiger partial charge in [-0.3, -0.25) is 9.79 Å². The lowest BCUT2D eigenvalue weighted by molar-refractivity contribution is -0.147. The van der Waals surface area contributed by atoms with Gasteiger partial charge in [-0.1, -0.05) is 63.3 Å². The summed E-state index contributed by atoms with van der Waals surface area (Å²) < 4.78 is 5.07. The van der Waals surface area contributed by atoms with Crippen molar-refractivity contribution in [3.05, 3.63) is 24.3 Å². The molecule has 0 aromatic rings. The van der Waals surface area contributed by atoms with Crippen molar-refractivity contribution >= 4 is 17.8 Å². The third-order valence-corrected chi connectivity index (χ3v) is 5.21. The topological polar surface area (TPSA) is 120 Å². The number of rotatable bonds is 21. The smallest absolute Gasteiger partial charge is 0.328 e. The summed E-state index contributed by atoms with van der Waals surface area (Å²) in [5.74, 6) is -0.496. The Morgan fingerprint density at radius 1 is 0.879 bits per heavy atom. The molecule has 33 heavy (non-hydrogen) atoms. The summed E-state index contributed by atoms with van der Waals surface area (Å²) in [6.07, 6.45) is 23.1. The Balaban J connectivity index is 3.86. The molecule has 0 rings (SSSR count). The molecule has 0 saturated heterocycles. The fourth-order valence-corrected chi connectivity index (χ4v) is 3.36. The van der Waals surface area contributed by atoms with Gasteiger partial charge in [-0.25, -0.2) is 4.79 Å². The number of nitrogens with one attached hydrogen (secondary N) is 1. The summed E-state index contributed by atoms with van der Waals surface area (Å²) in [4.78, 5) is 28.2. The summed E-state index contributed by atoms with van der Waals surface area (Å²) >= 11 is 0. The van der Waals surface area contributed by atoms with Crippen LogP contribution in [0.15, 0.2) is 29.3 Å². The molecular weight excluding hydrogens is 416 g/mol. The highest BCUT2D eigenvalue weighted by molar-refractivity contribution is 5.84. The van der Waals surface area contributed by atoms with Crippen LogP contribution >= 0.6 is 0 Å². The molecule has 0 heterocycles. The minimum atomic E-state index is -0.648. The van der Waals surface area contributed by atoms with E-state index in [1.165, 1.54) is 38.5 Å². The Labute approximate surface area is 201 Å². The maximum atomic E-state index is 12.2. The molecule has 1 atom stereocenters. The molecular formula is C26H48N4O3. The molecule has 0 radical (unpaired) electrons. The van der Waals surface area contributed by atoms with Crippen LogP contribution in [0.5, 0.6) is 0 Å². The molecule has 0 spiro atoms. The van der Waals surface area contributed by atoms with Gasteiger partial charge < -0.3 is 21.5 Å². The molecule has 0 fully saturated rings. The molecule has 0 aliphatic rings. The highest BCUT2D eigenvalue weighted by Crippen LogP contribution is 2.09. The number of hydrogen-bond donors (Lipinski definition) is 3. The number of amides is 1. The molecule has 0 unspecified atom stereocenters. The number of guanidine groups is 1. The summed E-state index contributed by atoms with van der Waals surface area (Å²) in [5.41, 5.74) is 10.6. The van der Waals surface area contributed by atoms with E-state index in [4.69, 9.17) is 16.2 Å². The van der Waals surface area contributed by atoms with Crippen LogP contribution < -0.4 is 16.8 Å². The Morgan fingerprint density at radius 3 is 2.15 bits per heavy atom. The predicted octanol–water partition coefficient (Wildman–Crippen LogP) is 4.90. The van der Waals surface area contributed by atoms with E-state index in [-0.39, 0.29) is 18.5 Å². The largest absolute Gasteiger partial charge is 0.464 e. The second-order valence-electron chi connectivity index (χ2n) is 8.30. The summed E-state index contributed by atoms with van der Waals surface area (Å²) in [7, 11) is 0. The molecule has 7 nitrogen and oxygen atoms in total. The van der Waals surface area contributed by atoms with Crippen LogP contribution in [-0.4, -0.2) is 37.0 Å². The Bertz CT molecular complexity index is 584. The van der Waals surface area contributed by atoms with E-state index in [2.05, 4.69) is 41.5 Å². The minimum absolute atomic E-state index is 0.0214. The molecule has 7 heteroatoms. The van der Waals surface area contributed by atoms with Gasteiger partial charge in [0.25, 0.3) is 0 Å². The van der Waals surface area contributed by atoms with Crippen molar-refractivity contribution in [2.45, 2.75) is 110 Å². The molecule has 1 amide bonds. The van der Waals surface area contributed by atoms with Gasteiger partial charge >= 0.3 is 5.97 Å². The lowest BCUT2D eigenvalue weighted by Crippen LogP contribution is -2.42. The van der Waals surface area contributed by atoms with E-state index >= 15 is 0 Å². The summed E-state index contributed by atoms with van der Waals surface area (Å²) in [5, 5.41) is 2.80. The highest BCUT2D eigenvalue weighted by Gasteiger charge is 2.21. The van der Waals surface area contributed by atoms with Crippen LogP contribution in [0, 0.1) is 0 Å². The standard InChI is InChI=1S/C26H48N4O3/c1-3-5-6-7-8-9-10-11-12-13-14-15-16-17-18-21-24(31)30-23(25(32)33-4-2)20-19-22-29-26(27)28/h8-9,11-12,23H,3-7,10,13-22H2,1-2H3,(H,30,31)(H4,27,28,29)/b9-8-,12-11-/t23-/m0/s1. The van der Waals surface area contributed by atoms with Crippen molar-refractivity contribution < 1.29 is 14.3 Å². The molecule has 0 aromatic carbocycles. The normalized spacial score (nSPS) is 12.2. The summed E-state index contributed by atoms with van der Waals surface area (Å²) in [6.45, 7) is 4.68. The number of ether oxygens (including phenoxy) is 1. The van der Waals surface area contributed by atoms with Gasteiger partial charge in [-0.15, -0.1) is 0 Å². The lowest BCUT2D eigenvalue weighted by atomic mass is 10.1. The lowest BCUT2D eigenvalue weighted by Gasteiger charge is -2.17. The molecule has 0 bridgehead atoms. The first-order valence-electron chi connectivity index (χ1n) is 12.8. The van der Waals surface area contributed by atoms with Crippen molar-refractivity contribution in [1.29, 1.82) is 0 Å². The van der Waals surface area contributed by atoms with Crippen molar-refractivity contribution in [2.75, 3.05) is 13.2 Å². The number of unbranched alkanes of at least 4 members (excludes halogenated alkanes) is 8. The van der Waals surface area contributed by atoms with Gasteiger partial charge in [0.05, 0.1) is 6.61 Å². The third kappa shape index (κ3) is 21.3. The van der Waals surface area contributed by atoms with E-state index in [9.17, 15) is 9.59 Å². The number of allylic oxidation sites excluding steroid dienone is 4. The van der Waals surface area contributed by atoms with Gasteiger partial charge in [-0.2, -0.15) is 0 Å². The van der Waals surface area contributed by atoms with Crippen molar-refractivity contribution in [3.63, 3.8) is 0 Å². The quantitative estimate of drug-likeness (QED) is 0.0733. The third-order valence-electron chi connectivity index (χ3n) is 5.21. The average molecular weight is 465 g/mol. The maximum absolute atomic E-state index is 12.2. The first kappa shape index (κ1) is 30.7. The molecule has 0 aliphatic heterocycles. The van der Waals surface area contributed by atoms with E-state index in [1.807, 2.05) is 0 Å².